The summed E-state index contributed by atoms with van der Waals surface area (Å²) in [5.74, 6) is 0. The van der Waals surface area contributed by atoms with Crippen molar-refractivity contribution in [3.8, 4) is 0 Å². The molecule has 2 aliphatic heterocycles. The minimum atomic E-state index is 0.0511. The van der Waals surface area contributed by atoms with Gasteiger partial charge >= 0.3 is 0 Å². The fraction of sp³-hybridized carbons (Fsp3) is 0.111. The summed E-state index contributed by atoms with van der Waals surface area (Å²) in [6, 6.07) is 3.95. The first-order valence-electron chi connectivity index (χ1n) is 4.20. The lowest BCUT2D eigenvalue weighted by molar-refractivity contribution is 1.21. The Labute approximate surface area is 84.9 Å². The molecule has 0 saturated carbocycles. The van der Waals surface area contributed by atoms with Crippen molar-refractivity contribution in [2.75, 3.05) is 0 Å². The van der Waals surface area contributed by atoms with Crippen LogP contribution < -0.4 is 0 Å². The highest BCUT2D eigenvalue weighted by molar-refractivity contribution is 8.27. The van der Waals surface area contributed by atoms with E-state index < -0.39 is 0 Å². The molecule has 5 heteroatoms. The smallest absolute Gasteiger partial charge is 0.138 e. The number of thioether (sulfide) groups is 1. The number of rotatable bonds is 1. The summed E-state index contributed by atoms with van der Waals surface area (Å²) in [7, 11) is 0. The minimum Gasteiger partial charge on any atom is -0.264 e. The molecule has 0 unspecified atom stereocenters. The second kappa shape index (κ2) is 3.02. The van der Waals surface area contributed by atoms with Gasteiger partial charge in [-0.3, -0.25) is 9.98 Å². The van der Waals surface area contributed by atoms with Crippen LogP contribution in [0.5, 0.6) is 0 Å². The maximum atomic E-state index is 4.48. The largest absolute Gasteiger partial charge is 0.264 e. The lowest BCUT2D eigenvalue weighted by Gasteiger charge is -1.96. The van der Waals surface area contributed by atoms with E-state index in [2.05, 4.69) is 20.2 Å². The molecule has 3 rings (SSSR count). The van der Waals surface area contributed by atoms with Crippen molar-refractivity contribution in [1.29, 1.82) is 0 Å². The summed E-state index contributed by atoms with van der Waals surface area (Å²) < 4.78 is 0. The number of aromatic nitrogens is 1. The molecule has 0 saturated heterocycles. The van der Waals surface area contributed by atoms with E-state index in [-0.39, 0.29) is 6.04 Å². The Hall–Kier alpha value is -1.49. The SMILES string of the molecule is C1=NN=C2SC(c3cccnc3)=N[C@H]12. The van der Waals surface area contributed by atoms with Crippen molar-refractivity contribution in [2.45, 2.75) is 6.04 Å². The van der Waals surface area contributed by atoms with Crippen molar-refractivity contribution in [1.82, 2.24) is 4.98 Å². The molecule has 0 radical (unpaired) electrons. The van der Waals surface area contributed by atoms with Crippen LogP contribution in [0.1, 0.15) is 5.56 Å². The first-order chi connectivity index (χ1) is 6.93. The Kier molecular flexibility index (Phi) is 1.70. The van der Waals surface area contributed by atoms with Crippen molar-refractivity contribution < 1.29 is 0 Å². The maximum absolute atomic E-state index is 4.48. The number of aliphatic imine (C=N–C) groups is 1. The number of pyridine rings is 1. The third-order valence-electron chi connectivity index (χ3n) is 1.98. The van der Waals surface area contributed by atoms with E-state index in [0.717, 1.165) is 15.7 Å². The van der Waals surface area contributed by atoms with E-state index in [1.165, 1.54) is 0 Å². The van der Waals surface area contributed by atoms with E-state index in [1.807, 2.05) is 18.3 Å². The third-order valence-corrected chi connectivity index (χ3v) is 3.05. The van der Waals surface area contributed by atoms with Crippen LogP contribution in [0.4, 0.5) is 0 Å². The molecule has 0 spiro atoms. The molecule has 1 aromatic heterocycles. The van der Waals surface area contributed by atoms with Crippen LogP contribution in [0, 0.1) is 0 Å². The van der Waals surface area contributed by atoms with E-state index in [9.17, 15) is 0 Å². The zero-order chi connectivity index (χ0) is 9.38. The van der Waals surface area contributed by atoms with E-state index in [0.29, 0.717) is 0 Å². The number of fused-ring (bicyclic) bond motifs is 1. The summed E-state index contributed by atoms with van der Waals surface area (Å²) in [5, 5.41) is 9.74. The van der Waals surface area contributed by atoms with Gasteiger partial charge in [0.2, 0.25) is 0 Å². The van der Waals surface area contributed by atoms with Crippen molar-refractivity contribution >= 4 is 28.1 Å². The highest BCUT2D eigenvalue weighted by atomic mass is 32.2. The van der Waals surface area contributed by atoms with E-state index >= 15 is 0 Å². The van der Waals surface area contributed by atoms with Gasteiger partial charge in [-0.25, -0.2) is 0 Å². The molecule has 1 atom stereocenters. The standard InChI is InChI=1S/C9H6N4S/c1-2-6(4-10-3-1)8-12-7-5-11-13-9(7)14-8/h1-5,7H/t7-/m1/s1. The Bertz CT molecular complexity index is 449. The van der Waals surface area contributed by atoms with Crippen LogP contribution in [-0.4, -0.2) is 27.3 Å². The van der Waals surface area contributed by atoms with Gasteiger partial charge in [0.25, 0.3) is 0 Å². The average molecular weight is 202 g/mol. The molecule has 0 N–H and O–H groups in total. The van der Waals surface area contributed by atoms with Crippen LogP contribution in [-0.2, 0) is 0 Å². The number of hydrogen-bond acceptors (Lipinski definition) is 5. The molecule has 2 aliphatic rings. The van der Waals surface area contributed by atoms with Crippen LogP contribution in [0.25, 0.3) is 0 Å². The average Bonchev–Trinajstić information content (AvgIpc) is 2.78. The molecular formula is C9H6N4S. The number of nitrogens with zero attached hydrogens (tertiary/aromatic N) is 4. The Balaban J connectivity index is 1.96. The summed E-state index contributed by atoms with van der Waals surface area (Å²) in [5.41, 5.74) is 1.04. The van der Waals surface area contributed by atoms with Gasteiger partial charge in [0.1, 0.15) is 16.1 Å². The van der Waals surface area contributed by atoms with Gasteiger partial charge in [-0.15, -0.1) is 5.10 Å². The molecule has 0 bridgehead atoms. The van der Waals surface area contributed by atoms with Gasteiger partial charge in [-0.2, -0.15) is 5.10 Å². The lowest BCUT2D eigenvalue weighted by Crippen LogP contribution is -2.06. The zero-order valence-electron chi connectivity index (χ0n) is 7.16. The van der Waals surface area contributed by atoms with Crippen LogP contribution >= 0.6 is 11.8 Å². The van der Waals surface area contributed by atoms with Crippen molar-refractivity contribution in [3.05, 3.63) is 30.1 Å². The normalized spacial score (nSPS) is 23.3. The van der Waals surface area contributed by atoms with Gasteiger partial charge in [0.15, 0.2) is 0 Å². The van der Waals surface area contributed by atoms with Gasteiger partial charge in [-0.05, 0) is 23.9 Å². The molecule has 1 aromatic rings. The molecular weight excluding hydrogens is 196 g/mol. The molecule has 68 valence electrons. The summed E-state index contributed by atoms with van der Waals surface area (Å²) in [6.07, 6.45) is 5.32. The second-order valence-electron chi connectivity index (χ2n) is 2.93. The van der Waals surface area contributed by atoms with Gasteiger partial charge < -0.3 is 0 Å². The van der Waals surface area contributed by atoms with Crippen LogP contribution in [0.3, 0.4) is 0 Å². The zero-order valence-corrected chi connectivity index (χ0v) is 7.98. The molecule has 3 heterocycles. The molecule has 0 fully saturated rings. The summed E-state index contributed by atoms with van der Waals surface area (Å²) >= 11 is 1.57. The molecule has 14 heavy (non-hydrogen) atoms. The first-order valence-corrected chi connectivity index (χ1v) is 5.02. The van der Waals surface area contributed by atoms with Crippen molar-refractivity contribution in [3.63, 3.8) is 0 Å². The fourth-order valence-electron chi connectivity index (χ4n) is 1.32. The summed E-state index contributed by atoms with van der Waals surface area (Å²) in [4.78, 5) is 8.54. The Morgan fingerprint density at radius 3 is 3.14 bits per heavy atom. The summed E-state index contributed by atoms with van der Waals surface area (Å²) in [6.45, 7) is 0. The molecule has 0 aliphatic carbocycles. The fourth-order valence-corrected chi connectivity index (χ4v) is 2.25. The van der Waals surface area contributed by atoms with E-state index in [4.69, 9.17) is 0 Å². The Morgan fingerprint density at radius 1 is 1.36 bits per heavy atom. The van der Waals surface area contributed by atoms with E-state index in [1.54, 1.807) is 24.2 Å². The highest BCUT2D eigenvalue weighted by Gasteiger charge is 2.28. The van der Waals surface area contributed by atoms with Gasteiger partial charge in [0, 0.05) is 18.0 Å². The second-order valence-corrected chi connectivity index (χ2v) is 3.93. The first kappa shape index (κ1) is 7.87. The van der Waals surface area contributed by atoms with Gasteiger partial charge in [-0.1, -0.05) is 0 Å². The number of hydrogen-bond donors (Lipinski definition) is 0. The Morgan fingerprint density at radius 2 is 2.36 bits per heavy atom. The quantitative estimate of drug-likeness (QED) is 0.690. The molecule has 0 aromatic carbocycles. The third kappa shape index (κ3) is 1.17. The highest BCUT2D eigenvalue weighted by Crippen LogP contribution is 2.27. The predicted molar refractivity (Wildman–Crippen MR) is 58.1 cm³/mol. The monoisotopic (exact) mass is 202 g/mol. The molecule has 4 nitrogen and oxygen atoms in total. The molecule has 0 amide bonds. The van der Waals surface area contributed by atoms with Crippen LogP contribution in [0.15, 0.2) is 39.7 Å². The minimum absolute atomic E-state index is 0.0511. The van der Waals surface area contributed by atoms with Crippen LogP contribution in [0.2, 0.25) is 0 Å². The van der Waals surface area contributed by atoms with Gasteiger partial charge in [0.05, 0.1) is 6.21 Å². The topological polar surface area (TPSA) is 50.0 Å². The van der Waals surface area contributed by atoms with Crippen molar-refractivity contribution in [2.24, 2.45) is 15.2 Å². The lowest BCUT2D eigenvalue weighted by atomic mass is 10.3. The maximum Gasteiger partial charge on any atom is 0.138 e. The predicted octanol–water partition coefficient (Wildman–Crippen LogP) is 1.34.